The Morgan fingerprint density at radius 2 is 1.75 bits per heavy atom. The summed E-state index contributed by atoms with van der Waals surface area (Å²) in [6.07, 6.45) is 11.2. The fourth-order valence-electron chi connectivity index (χ4n) is 6.17. The van der Waals surface area contributed by atoms with Crippen molar-refractivity contribution in [2.45, 2.75) is 6.54 Å². The predicted molar refractivity (Wildman–Crippen MR) is 151 cm³/mol. The minimum atomic E-state index is 0.541. The van der Waals surface area contributed by atoms with Crippen LogP contribution in [-0.4, -0.2) is 67.6 Å². The number of nitrogens with zero attached hydrogens (tertiary/aromatic N) is 9. The van der Waals surface area contributed by atoms with Gasteiger partial charge in [0.1, 0.15) is 11.9 Å². The molecule has 0 spiro atoms. The van der Waals surface area contributed by atoms with Crippen molar-refractivity contribution >= 4 is 11.3 Å². The van der Waals surface area contributed by atoms with Crippen molar-refractivity contribution in [3.8, 4) is 34.2 Å². The minimum Gasteiger partial charge on any atom is -0.481 e. The van der Waals surface area contributed by atoms with Gasteiger partial charge in [-0.15, -0.1) is 0 Å². The van der Waals surface area contributed by atoms with Gasteiger partial charge in [-0.3, -0.25) is 9.58 Å². The van der Waals surface area contributed by atoms with Gasteiger partial charge in [0.15, 0.2) is 0 Å². The summed E-state index contributed by atoms with van der Waals surface area (Å²) in [6.45, 7) is 5.11. The molecule has 0 radical (unpaired) electrons. The van der Waals surface area contributed by atoms with Crippen LogP contribution in [0.4, 0.5) is 5.82 Å². The fraction of sp³-hybridized carbons (Fsp3) is 0.300. The molecule has 0 aromatic carbocycles. The number of aryl methyl sites for hydroxylation is 1. The zero-order valence-electron chi connectivity index (χ0n) is 22.5. The van der Waals surface area contributed by atoms with E-state index in [0.717, 1.165) is 66.3 Å². The van der Waals surface area contributed by atoms with E-state index in [2.05, 4.69) is 55.3 Å². The summed E-state index contributed by atoms with van der Waals surface area (Å²) in [5, 5.41) is 18.5. The van der Waals surface area contributed by atoms with Gasteiger partial charge < -0.3 is 9.64 Å². The van der Waals surface area contributed by atoms with Crippen LogP contribution in [0.5, 0.6) is 5.88 Å². The second kappa shape index (κ2) is 9.77. The first-order valence-corrected chi connectivity index (χ1v) is 13.4. The quantitative estimate of drug-likeness (QED) is 0.327. The number of pyridine rings is 3. The molecule has 2 atom stereocenters. The van der Waals surface area contributed by atoms with Gasteiger partial charge in [0, 0.05) is 92.9 Å². The molecule has 10 nitrogen and oxygen atoms in total. The Balaban J connectivity index is 1.09. The van der Waals surface area contributed by atoms with Gasteiger partial charge in [0.2, 0.25) is 5.88 Å². The van der Waals surface area contributed by atoms with E-state index in [0.29, 0.717) is 23.3 Å². The summed E-state index contributed by atoms with van der Waals surface area (Å²) in [5.74, 6) is 2.91. The van der Waals surface area contributed by atoms with Gasteiger partial charge in [-0.25, -0.2) is 14.5 Å². The lowest BCUT2D eigenvalue weighted by Crippen LogP contribution is -2.29. The number of fused-ring (bicyclic) bond motifs is 2. The minimum absolute atomic E-state index is 0.541. The molecule has 2 fully saturated rings. The van der Waals surface area contributed by atoms with Gasteiger partial charge in [0.05, 0.1) is 30.6 Å². The van der Waals surface area contributed by atoms with E-state index in [-0.39, 0.29) is 0 Å². The summed E-state index contributed by atoms with van der Waals surface area (Å²) in [6, 6.07) is 12.6. The molecule has 5 aromatic rings. The maximum atomic E-state index is 9.72. The van der Waals surface area contributed by atoms with E-state index < -0.39 is 0 Å². The summed E-state index contributed by atoms with van der Waals surface area (Å²) in [4.78, 5) is 14.2. The largest absolute Gasteiger partial charge is 0.481 e. The van der Waals surface area contributed by atoms with Crippen LogP contribution in [-0.2, 0) is 13.6 Å². The van der Waals surface area contributed by atoms with Crippen LogP contribution in [0.25, 0.3) is 27.8 Å². The van der Waals surface area contributed by atoms with Crippen LogP contribution in [0.2, 0.25) is 0 Å². The Kier molecular flexibility index (Phi) is 5.94. The molecule has 200 valence electrons. The molecule has 0 bridgehead atoms. The number of anilines is 1. The average molecular weight is 532 g/mol. The molecule has 0 unspecified atom stereocenters. The summed E-state index contributed by atoms with van der Waals surface area (Å²) >= 11 is 0. The molecular weight excluding hydrogens is 502 g/mol. The maximum Gasteiger partial charge on any atom is 0.212 e. The van der Waals surface area contributed by atoms with Crippen molar-refractivity contribution in [1.29, 1.82) is 5.26 Å². The third-order valence-corrected chi connectivity index (χ3v) is 8.13. The molecule has 5 aromatic heterocycles. The molecule has 7 rings (SSSR count). The molecule has 2 aliphatic heterocycles. The maximum absolute atomic E-state index is 9.72. The Bertz CT molecular complexity index is 1700. The second-order valence-corrected chi connectivity index (χ2v) is 10.7. The second-order valence-electron chi connectivity index (χ2n) is 10.7. The SMILES string of the molecule is COc1ccc(CN2C[C@@H]3CN(c4ccc(-c5cc(-c6cnn(C)c6)cn6ncc(C#N)c56)cn4)C[C@@H]3C2)cn1. The van der Waals surface area contributed by atoms with E-state index in [1.165, 1.54) is 5.56 Å². The summed E-state index contributed by atoms with van der Waals surface area (Å²) in [5.41, 5.74) is 6.40. The lowest BCUT2D eigenvalue weighted by molar-refractivity contribution is 0.308. The van der Waals surface area contributed by atoms with Crippen LogP contribution >= 0.6 is 0 Å². The number of ether oxygens (including phenoxy) is 1. The third-order valence-electron chi connectivity index (χ3n) is 8.13. The first-order valence-electron chi connectivity index (χ1n) is 13.4. The molecule has 0 saturated carbocycles. The molecule has 0 amide bonds. The standard InChI is InChI=1S/C30H29N9O/c1-36-14-24(12-34-36)22-7-27(30-23(8-31)11-35-39(30)19-22)21-4-5-28(32-10-21)38-17-25-15-37(16-26(25)18-38)13-20-3-6-29(40-2)33-9-20/h3-7,9-12,14,19,25-26H,13,15-18H2,1-2H3/t25-,26+. The normalized spacial score (nSPS) is 18.8. The average Bonchev–Trinajstić information content (AvgIpc) is 3.76. The van der Waals surface area contributed by atoms with E-state index in [1.807, 2.05) is 44.1 Å². The third kappa shape index (κ3) is 4.34. The highest BCUT2D eigenvalue weighted by molar-refractivity contribution is 5.87. The van der Waals surface area contributed by atoms with Gasteiger partial charge in [0.25, 0.3) is 0 Å². The zero-order valence-corrected chi connectivity index (χ0v) is 22.5. The van der Waals surface area contributed by atoms with Crippen LogP contribution in [0.1, 0.15) is 11.1 Å². The number of hydrogen-bond acceptors (Lipinski definition) is 8. The molecule has 2 saturated heterocycles. The van der Waals surface area contributed by atoms with Crippen molar-refractivity contribution in [2.24, 2.45) is 18.9 Å². The molecule has 7 heterocycles. The van der Waals surface area contributed by atoms with Crippen molar-refractivity contribution in [3.05, 3.63) is 78.6 Å². The van der Waals surface area contributed by atoms with Crippen molar-refractivity contribution < 1.29 is 4.74 Å². The number of aromatic nitrogens is 6. The molecular formula is C30H29N9O. The van der Waals surface area contributed by atoms with Crippen LogP contribution in [0.3, 0.4) is 0 Å². The van der Waals surface area contributed by atoms with Gasteiger partial charge in [-0.1, -0.05) is 6.07 Å². The van der Waals surface area contributed by atoms with Gasteiger partial charge in [-0.2, -0.15) is 15.5 Å². The van der Waals surface area contributed by atoms with Crippen LogP contribution < -0.4 is 9.64 Å². The van der Waals surface area contributed by atoms with Gasteiger partial charge in [-0.05, 0) is 35.6 Å². The number of methoxy groups -OCH3 is 1. The van der Waals surface area contributed by atoms with Gasteiger partial charge >= 0.3 is 0 Å². The fourth-order valence-corrected chi connectivity index (χ4v) is 6.17. The topological polar surface area (TPSA) is 100 Å². The molecule has 0 aliphatic carbocycles. The number of nitriles is 1. The molecule has 2 aliphatic rings. The van der Waals surface area contributed by atoms with E-state index in [4.69, 9.17) is 9.72 Å². The highest BCUT2D eigenvalue weighted by atomic mass is 16.5. The highest BCUT2D eigenvalue weighted by Gasteiger charge is 2.40. The van der Waals surface area contributed by atoms with E-state index in [9.17, 15) is 5.26 Å². The number of hydrogen-bond donors (Lipinski definition) is 0. The number of likely N-dealkylation sites (tertiary alicyclic amines) is 1. The van der Waals surface area contributed by atoms with E-state index in [1.54, 1.807) is 22.5 Å². The zero-order chi connectivity index (χ0) is 27.2. The van der Waals surface area contributed by atoms with Crippen molar-refractivity contribution in [3.63, 3.8) is 0 Å². The predicted octanol–water partition coefficient (Wildman–Crippen LogP) is 3.64. The smallest absolute Gasteiger partial charge is 0.212 e. The Morgan fingerprint density at radius 3 is 2.40 bits per heavy atom. The summed E-state index contributed by atoms with van der Waals surface area (Å²) < 4.78 is 8.74. The highest BCUT2D eigenvalue weighted by Crippen LogP contribution is 2.36. The van der Waals surface area contributed by atoms with E-state index >= 15 is 0 Å². The van der Waals surface area contributed by atoms with Crippen molar-refractivity contribution in [2.75, 3.05) is 38.2 Å². The van der Waals surface area contributed by atoms with Crippen molar-refractivity contribution in [1.82, 2.24) is 34.3 Å². The summed E-state index contributed by atoms with van der Waals surface area (Å²) in [7, 11) is 3.54. The Labute approximate surface area is 232 Å². The molecule has 10 heteroatoms. The molecule has 40 heavy (non-hydrogen) atoms. The first-order chi connectivity index (χ1) is 19.6. The lowest BCUT2D eigenvalue weighted by Gasteiger charge is -2.22. The Morgan fingerprint density at radius 1 is 0.900 bits per heavy atom. The number of rotatable bonds is 6. The first kappa shape index (κ1) is 24.3. The van der Waals surface area contributed by atoms with Crippen LogP contribution in [0, 0.1) is 23.2 Å². The van der Waals surface area contributed by atoms with Crippen LogP contribution in [0.15, 0.2) is 67.5 Å². The monoisotopic (exact) mass is 531 g/mol. The Hall–Kier alpha value is -4.75. The lowest BCUT2D eigenvalue weighted by atomic mass is 10.0. The molecule has 0 N–H and O–H groups in total.